The van der Waals surface area contributed by atoms with Gasteiger partial charge in [0, 0.05) is 30.7 Å². The van der Waals surface area contributed by atoms with E-state index in [0.29, 0.717) is 22.2 Å². The number of hydrogen-bond acceptors (Lipinski definition) is 8. The lowest BCUT2D eigenvalue weighted by molar-refractivity contribution is 0.0391. The predicted molar refractivity (Wildman–Crippen MR) is 111 cm³/mol. The van der Waals surface area contributed by atoms with Crippen LogP contribution >= 0.6 is 38.8 Å². The summed E-state index contributed by atoms with van der Waals surface area (Å²) in [6, 6.07) is 5.95. The number of hydrogen-bond donors (Lipinski definition) is 0. The van der Waals surface area contributed by atoms with E-state index in [9.17, 15) is 4.79 Å². The third-order valence-electron chi connectivity index (χ3n) is 4.40. The van der Waals surface area contributed by atoms with Crippen LogP contribution in [0, 0.1) is 6.92 Å². The molecule has 1 aliphatic rings. The minimum atomic E-state index is -0.0890. The van der Waals surface area contributed by atoms with Crippen molar-refractivity contribution in [1.82, 2.24) is 19.5 Å². The molecule has 0 N–H and O–H groups in total. The van der Waals surface area contributed by atoms with Gasteiger partial charge < -0.3 is 4.74 Å². The molecule has 1 aromatic carbocycles. The fourth-order valence-corrected chi connectivity index (χ4v) is 5.05. The van der Waals surface area contributed by atoms with Gasteiger partial charge >= 0.3 is 0 Å². The van der Waals surface area contributed by atoms with E-state index in [-0.39, 0.29) is 5.91 Å². The van der Waals surface area contributed by atoms with Gasteiger partial charge in [0.05, 0.1) is 29.1 Å². The average Bonchev–Trinajstić information content (AvgIpc) is 3.28. The van der Waals surface area contributed by atoms with Crippen molar-refractivity contribution in [1.29, 1.82) is 0 Å². The standard InChI is InChI=1S/C17H18BrN5O2S2/c1-11-15(27-21-20-11)16(24)23(5-4-22-6-8-25-9-7-22)17-19-13-3-2-12(18)10-14(13)26-17/h2-3,10H,4-9H2,1H3. The van der Waals surface area contributed by atoms with Crippen molar-refractivity contribution >= 4 is 60.1 Å². The number of benzene rings is 1. The Morgan fingerprint density at radius 3 is 2.93 bits per heavy atom. The van der Waals surface area contributed by atoms with Crippen LogP contribution in [0.15, 0.2) is 22.7 Å². The molecule has 3 aromatic rings. The van der Waals surface area contributed by atoms with Gasteiger partial charge in [0.1, 0.15) is 4.88 Å². The number of thiazole rings is 1. The Bertz CT molecular complexity index is 954. The lowest BCUT2D eigenvalue weighted by Gasteiger charge is -2.29. The molecule has 7 nitrogen and oxygen atoms in total. The van der Waals surface area contributed by atoms with Crippen LogP contribution in [-0.2, 0) is 4.74 Å². The van der Waals surface area contributed by atoms with Crippen LogP contribution in [0.2, 0.25) is 0 Å². The van der Waals surface area contributed by atoms with Crippen LogP contribution < -0.4 is 4.90 Å². The number of amides is 1. The highest BCUT2D eigenvalue weighted by Gasteiger charge is 2.25. The quantitative estimate of drug-likeness (QED) is 0.573. The maximum absolute atomic E-state index is 13.2. The predicted octanol–water partition coefficient (Wildman–Crippen LogP) is 3.20. The SMILES string of the molecule is Cc1nnsc1C(=O)N(CCN1CCOCC1)c1nc2ccc(Br)cc2s1. The summed E-state index contributed by atoms with van der Waals surface area (Å²) in [5, 5.41) is 4.69. The van der Waals surface area contributed by atoms with Gasteiger partial charge in [0.15, 0.2) is 5.13 Å². The third-order valence-corrected chi connectivity index (χ3v) is 6.75. The van der Waals surface area contributed by atoms with E-state index < -0.39 is 0 Å². The highest BCUT2D eigenvalue weighted by atomic mass is 79.9. The smallest absolute Gasteiger partial charge is 0.273 e. The van der Waals surface area contributed by atoms with E-state index in [1.807, 2.05) is 25.1 Å². The highest BCUT2D eigenvalue weighted by molar-refractivity contribution is 9.10. The number of ether oxygens (including phenoxy) is 1. The summed E-state index contributed by atoms with van der Waals surface area (Å²) in [6.45, 7) is 6.40. The molecule has 27 heavy (non-hydrogen) atoms. The number of carbonyl (C=O) groups excluding carboxylic acids is 1. The van der Waals surface area contributed by atoms with Crippen LogP contribution in [0.1, 0.15) is 15.4 Å². The van der Waals surface area contributed by atoms with Crippen LogP contribution in [0.5, 0.6) is 0 Å². The number of rotatable bonds is 5. The zero-order valence-corrected chi connectivity index (χ0v) is 17.9. The zero-order chi connectivity index (χ0) is 18.8. The largest absolute Gasteiger partial charge is 0.379 e. The van der Waals surface area contributed by atoms with Gasteiger partial charge in [-0.15, -0.1) is 5.10 Å². The summed E-state index contributed by atoms with van der Waals surface area (Å²) in [5.74, 6) is -0.0890. The van der Waals surface area contributed by atoms with Crippen molar-refractivity contribution in [3.05, 3.63) is 33.2 Å². The third kappa shape index (κ3) is 4.19. The second-order valence-electron chi connectivity index (χ2n) is 6.21. The van der Waals surface area contributed by atoms with E-state index in [0.717, 1.165) is 59.1 Å². The van der Waals surface area contributed by atoms with E-state index in [4.69, 9.17) is 9.72 Å². The van der Waals surface area contributed by atoms with Gasteiger partial charge in [-0.1, -0.05) is 31.8 Å². The van der Waals surface area contributed by atoms with Crippen molar-refractivity contribution < 1.29 is 9.53 Å². The first-order valence-electron chi connectivity index (χ1n) is 8.59. The molecule has 0 spiro atoms. The highest BCUT2D eigenvalue weighted by Crippen LogP contribution is 2.32. The number of carbonyl (C=O) groups is 1. The summed E-state index contributed by atoms with van der Waals surface area (Å²) in [4.78, 5) is 22.6. The number of fused-ring (bicyclic) bond motifs is 1. The number of aromatic nitrogens is 3. The molecule has 0 radical (unpaired) electrons. The summed E-state index contributed by atoms with van der Waals surface area (Å²) >= 11 is 6.15. The minimum absolute atomic E-state index is 0.0890. The summed E-state index contributed by atoms with van der Waals surface area (Å²) in [7, 11) is 0. The van der Waals surface area contributed by atoms with Crippen LogP contribution in [0.3, 0.4) is 0 Å². The molecular formula is C17H18BrN5O2S2. The van der Waals surface area contributed by atoms with Crippen molar-refractivity contribution in [3.63, 3.8) is 0 Å². The molecule has 0 saturated carbocycles. The molecule has 1 amide bonds. The van der Waals surface area contributed by atoms with Crippen LogP contribution in [-0.4, -0.2) is 64.8 Å². The topological polar surface area (TPSA) is 71.5 Å². The molecule has 0 unspecified atom stereocenters. The van der Waals surface area contributed by atoms with E-state index in [1.165, 1.54) is 11.3 Å². The number of halogens is 1. The van der Waals surface area contributed by atoms with Gasteiger partial charge in [-0.25, -0.2) is 4.98 Å². The molecular weight excluding hydrogens is 450 g/mol. The normalized spacial score (nSPS) is 15.3. The molecule has 0 atom stereocenters. The number of aryl methyl sites for hydroxylation is 1. The second kappa shape index (κ2) is 8.27. The first kappa shape index (κ1) is 18.9. The van der Waals surface area contributed by atoms with Crippen molar-refractivity contribution in [2.45, 2.75) is 6.92 Å². The Kier molecular flexibility index (Phi) is 5.79. The maximum Gasteiger partial charge on any atom is 0.273 e. The fourth-order valence-electron chi connectivity index (χ4n) is 2.90. The molecule has 2 aromatic heterocycles. The summed E-state index contributed by atoms with van der Waals surface area (Å²) in [6.07, 6.45) is 0. The lowest BCUT2D eigenvalue weighted by atomic mass is 10.3. The second-order valence-corrected chi connectivity index (χ2v) is 8.89. The van der Waals surface area contributed by atoms with Crippen LogP contribution in [0.4, 0.5) is 5.13 Å². The molecule has 10 heteroatoms. The van der Waals surface area contributed by atoms with Crippen molar-refractivity contribution in [2.24, 2.45) is 0 Å². The first-order valence-corrected chi connectivity index (χ1v) is 11.0. The Hall–Kier alpha value is -1.46. The number of anilines is 1. The minimum Gasteiger partial charge on any atom is -0.379 e. The maximum atomic E-state index is 13.2. The fraction of sp³-hybridized carbons (Fsp3) is 0.412. The first-order chi connectivity index (χ1) is 13.1. The van der Waals surface area contributed by atoms with Gasteiger partial charge in [-0.05, 0) is 36.7 Å². The molecule has 142 valence electrons. The molecule has 4 rings (SSSR count). The molecule has 0 aliphatic carbocycles. The van der Waals surface area contributed by atoms with Gasteiger partial charge in [0.2, 0.25) is 0 Å². The van der Waals surface area contributed by atoms with Gasteiger partial charge in [-0.2, -0.15) is 0 Å². The molecule has 1 aliphatic heterocycles. The summed E-state index contributed by atoms with van der Waals surface area (Å²) in [5.41, 5.74) is 1.55. The van der Waals surface area contributed by atoms with E-state index in [2.05, 4.69) is 30.4 Å². The Balaban J connectivity index is 1.63. The van der Waals surface area contributed by atoms with Gasteiger partial charge in [0.25, 0.3) is 5.91 Å². The number of morpholine rings is 1. The molecule has 1 saturated heterocycles. The monoisotopic (exact) mass is 467 g/mol. The lowest BCUT2D eigenvalue weighted by Crippen LogP contribution is -2.43. The van der Waals surface area contributed by atoms with E-state index >= 15 is 0 Å². The zero-order valence-electron chi connectivity index (χ0n) is 14.7. The van der Waals surface area contributed by atoms with E-state index in [1.54, 1.807) is 4.90 Å². The van der Waals surface area contributed by atoms with Crippen molar-refractivity contribution in [3.8, 4) is 0 Å². The summed E-state index contributed by atoms with van der Waals surface area (Å²) < 4.78 is 11.4. The molecule has 3 heterocycles. The van der Waals surface area contributed by atoms with Crippen molar-refractivity contribution in [2.75, 3.05) is 44.3 Å². The van der Waals surface area contributed by atoms with Gasteiger partial charge in [-0.3, -0.25) is 14.6 Å². The average molecular weight is 468 g/mol. The molecule has 0 bridgehead atoms. The Labute approximate surface area is 173 Å². The Morgan fingerprint density at radius 2 is 2.19 bits per heavy atom. The van der Waals surface area contributed by atoms with Crippen LogP contribution in [0.25, 0.3) is 10.2 Å². The Morgan fingerprint density at radius 1 is 1.37 bits per heavy atom. The number of nitrogens with zero attached hydrogens (tertiary/aromatic N) is 5. The molecule has 1 fully saturated rings.